The normalized spacial score (nSPS) is 18.6. The molecule has 1 atom stereocenters. The van der Waals surface area contributed by atoms with Gasteiger partial charge in [0, 0.05) is 11.6 Å². The van der Waals surface area contributed by atoms with Crippen molar-refractivity contribution in [2.75, 3.05) is 13.1 Å². The second-order valence-corrected chi connectivity index (χ2v) is 6.36. The highest BCUT2D eigenvalue weighted by Crippen LogP contribution is 2.14. The maximum atomic E-state index is 12.4. The summed E-state index contributed by atoms with van der Waals surface area (Å²) in [6, 6.07) is 7.68. The monoisotopic (exact) mass is 309 g/mol. The van der Waals surface area contributed by atoms with Crippen LogP contribution in [0.5, 0.6) is 0 Å². The van der Waals surface area contributed by atoms with E-state index in [1.807, 2.05) is 31.2 Å². The number of nitrogens with one attached hydrogen (secondary N) is 2. The second kappa shape index (κ2) is 8.40. The van der Waals surface area contributed by atoms with Crippen molar-refractivity contribution < 1.29 is 9.69 Å². The lowest BCUT2D eigenvalue weighted by atomic mass is 10.1. The third-order valence-corrected chi connectivity index (χ3v) is 4.78. The summed E-state index contributed by atoms with van der Waals surface area (Å²) in [4.78, 5) is 13.8. The van der Waals surface area contributed by atoms with Crippen LogP contribution >= 0.6 is 11.6 Å². The molecular formula is C17H26ClN2O+. The summed E-state index contributed by atoms with van der Waals surface area (Å²) < 4.78 is 0. The number of quaternary nitrogens is 1. The van der Waals surface area contributed by atoms with Gasteiger partial charge in [-0.05, 0) is 44.2 Å². The van der Waals surface area contributed by atoms with E-state index in [0.29, 0.717) is 11.6 Å². The molecule has 1 aliphatic rings. The van der Waals surface area contributed by atoms with Crippen molar-refractivity contribution in [1.29, 1.82) is 0 Å². The average Bonchev–Trinajstić information content (AvgIpc) is 2.45. The quantitative estimate of drug-likeness (QED) is 0.878. The molecule has 0 saturated carbocycles. The van der Waals surface area contributed by atoms with Crippen molar-refractivity contribution in [3.63, 3.8) is 0 Å². The smallest absolute Gasteiger partial charge is 0.278 e. The number of rotatable bonds is 4. The molecule has 1 aliphatic heterocycles. The highest BCUT2D eigenvalue weighted by Gasteiger charge is 2.24. The highest BCUT2D eigenvalue weighted by atomic mass is 35.5. The van der Waals surface area contributed by atoms with Gasteiger partial charge in [0.05, 0.1) is 13.1 Å². The maximum absolute atomic E-state index is 12.4. The summed E-state index contributed by atoms with van der Waals surface area (Å²) in [5, 5.41) is 3.74. The standard InChI is InChI=1S/C17H25ClN2O/c1-14(20-11-7-3-2-4-8-12-20)17(21)19-13-15-9-5-6-10-16(15)18/h5-6,9-10,14H,2-4,7-8,11-13H2,1H3,(H,19,21)/p+1/t14-/m1/s1. The molecule has 1 fully saturated rings. The van der Waals surface area contributed by atoms with E-state index in [4.69, 9.17) is 11.6 Å². The zero-order valence-corrected chi connectivity index (χ0v) is 13.6. The van der Waals surface area contributed by atoms with Gasteiger partial charge in [0.15, 0.2) is 6.04 Å². The van der Waals surface area contributed by atoms with E-state index in [1.54, 1.807) is 0 Å². The first kappa shape index (κ1) is 16.3. The van der Waals surface area contributed by atoms with E-state index >= 15 is 0 Å². The summed E-state index contributed by atoms with van der Waals surface area (Å²) in [5.41, 5.74) is 0.974. The Morgan fingerprint density at radius 1 is 1.19 bits per heavy atom. The first-order valence-corrected chi connectivity index (χ1v) is 8.42. The Balaban J connectivity index is 1.85. The molecular weight excluding hydrogens is 284 g/mol. The Morgan fingerprint density at radius 2 is 1.81 bits per heavy atom. The molecule has 1 saturated heterocycles. The summed E-state index contributed by atoms with van der Waals surface area (Å²) in [7, 11) is 0. The van der Waals surface area contributed by atoms with Crippen LogP contribution in [0.4, 0.5) is 0 Å². The molecule has 1 amide bonds. The van der Waals surface area contributed by atoms with Crippen molar-refractivity contribution in [3.05, 3.63) is 34.9 Å². The van der Waals surface area contributed by atoms with Gasteiger partial charge in [0.1, 0.15) is 0 Å². The molecule has 2 N–H and O–H groups in total. The van der Waals surface area contributed by atoms with Crippen LogP contribution in [0.15, 0.2) is 24.3 Å². The van der Waals surface area contributed by atoms with Crippen molar-refractivity contribution in [2.24, 2.45) is 0 Å². The molecule has 0 bridgehead atoms. The predicted molar refractivity (Wildman–Crippen MR) is 86.5 cm³/mol. The van der Waals surface area contributed by atoms with Crippen molar-refractivity contribution >= 4 is 17.5 Å². The lowest BCUT2D eigenvalue weighted by Crippen LogP contribution is -3.16. The number of amides is 1. The predicted octanol–water partition coefficient (Wildman–Crippen LogP) is 2.19. The zero-order valence-electron chi connectivity index (χ0n) is 12.8. The van der Waals surface area contributed by atoms with Gasteiger partial charge in [-0.25, -0.2) is 0 Å². The van der Waals surface area contributed by atoms with Crippen LogP contribution in [0.25, 0.3) is 0 Å². The van der Waals surface area contributed by atoms with E-state index in [1.165, 1.54) is 37.0 Å². The average molecular weight is 310 g/mol. The summed E-state index contributed by atoms with van der Waals surface area (Å²) in [6.45, 7) is 4.77. The molecule has 1 heterocycles. The Labute approximate surface area is 132 Å². The summed E-state index contributed by atoms with van der Waals surface area (Å²) in [6.07, 6.45) is 6.42. The SMILES string of the molecule is C[C@H](C(=O)NCc1ccccc1Cl)[NH+]1CCCCCCC1. The Kier molecular flexibility index (Phi) is 6.52. The Morgan fingerprint density at radius 3 is 2.48 bits per heavy atom. The van der Waals surface area contributed by atoms with Gasteiger partial charge in [-0.1, -0.05) is 36.2 Å². The fourth-order valence-electron chi connectivity index (χ4n) is 2.96. The van der Waals surface area contributed by atoms with Gasteiger partial charge < -0.3 is 10.2 Å². The van der Waals surface area contributed by atoms with Crippen LogP contribution in [-0.4, -0.2) is 25.0 Å². The third-order valence-electron chi connectivity index (χ3n) is 4.41. The minimum Gasteiger partial charge on any atom is -0.347 e. The number of carbonyl (C=O) groups is 1. The fourth-order valence-corrected chi connectivity index (χ4v) is 3.16. The molecule has 0 radical (unpaired) electrons. The van der Waals surface area contributed by atoms with Crippen molar-refractivity contribution in [3.8, 4) is 0 Å². The molecule has 0 unspecified atom stereocenters. The minimum absolute atomic E-state index is 0.0191. The molecule has 0 aromatic heterocycles. The van der Waals surface area contributed by atoms with Gasteiger partial charge in [-0.3, -0.25) is 4.79 Å². The van der Waals surface area contributed by atoms with Crippen LogP contribution in [0.2, 0.25) is 5.02 Å². The fraction of sp³-hybridized carbons (Fsp3) is 0.588. The van der Waals surface area contributed by atoms with Crippen LogP contribution in [0.3, 0.4) is 0 Å². The van der Waals surface area contributed by atoms with Crippen LogP contribution in [0.1, 0.15) is 44.6 Å². The topological polar surface area (TPSA) is 33.5 Å². The van der Waals surface area contributed by atoms with Crippen LogP contribution in [0, 0.1) is 0 Å². The number of likely N-dealkylation sites (tertiary alicyclic amines) is 1. The molecule has 4 heteroatoms. The third kappa shape index (κ3) is 5.01. The maximum Gasteiger partial charge on any atom is 0.278 e. The minimum atomic E-state index is 0.0191. The van der Waals surface area contributed by atoms with Gasteiger partial charge in [0.25, 0.3) is 5.91 Å². The Bertz CT molecular complexity index is 456. The molecule has 0 spiro atoms. The number of hydrogen-bond acceptors (Lipinski definition) is 1. The zero-order chi connectivity index (χ0) is 15.1. The number of benzene rings is 1. The first-order chi connectivity index (χ1) is 10.2. The molecule has 21 heavy (non-hydrogen) atoms. The molecule has 1 aromatic rings. The van der Waals surface area contributed by atoms with Crippen molar-refractivity contribution in [2.45, 2.75) is 51.6 Å². The Hall–Kier alpha value is -1.06. The molecule has 2 rings (SSSR count). The molecule has 0 aliphatic carbocycles. The van der Waals surface area contributed by atoms with Gasteiger partial charge in [-0.2, -0.15) is 0 Å². The van der Waals surface area contributed by atoms with E-state index < -0.39 is 0 Å². The van der Waals surface area contributed by atoms with Gasteiger partial charge in [-0.15, -0.1) is 0 Å². The van der Waals surface area contributed by atoms with Crippen LogP contribution in [-0.2, 0) is 11.3 Å². The van der Waals surface area contributed by atoms with Crippen LogP contribution < -0.4 is 10.2 Å². The lowest BCUT2D eigenvalue weighted by molar-refractivity contribution is -0.915. The summed E-state index contributed by atoms with van der Waals surface area (Å²) in [5.74, 6) is 0.130. The van der Waals surface area contributed by atoms with Gasteiger partial charge >= 0.3 is 0 Å². The molecule has 3 nitrogen and oxygen atoms in total. The van der Waals surface area contributed by atoms with E-state index in [9.17, 15) is 4.79 Å². The number of carbonyl (C=O) groups excluding carboxylic acids is 1. The van der Waals surface area contributed by atoms with E-state index in [2.05, 4.69) is 5.32 Å². The second-order valence-electron chi connectivity index (χ2n) is 5.96. The van der Waals surface area contributed by atoms with Crippen molar-refractivity contribution in [1.82, 2.24) is 5.32 Å². The largest absolute Gasteiger partial charge is 0.347 e. The van der Waals surface area contributed by atoms with E-state index in [0.717, 1.165) is 18.7 Å². The lowest BCUT2D eigenvalue weighted by Gasteiger charge is -2.27. The number of hydrogen-bond donors (Lipinski definition) is 2. The van der Waals surface area contributed by atoms with Gasteiger partial charge in [0.2, 0.25) is 0 Å². The molecule has 116 valence electrons. The summed E-state index contributed by atoms with van der Waals surface area (Å²) >= 11 is 6.12. The highest BCUT2D eigenvalue weighted by molar-refractivity contribution is 6.31. The first-order valence-electron chi connectivity index (χ1n) is 8.04. The number of halogens is 1. The molecule has 1 aromatic carbocycles. The van der Waals surface area contributed by atoms with E-state index in [-0.39, 0.29) is 11.9 Å².